The highest BCUT2D eigenvalue weighted by Gasteiger charge is 2.24. The molecule has 0 amide bonds. The zero-order valence-electron chi connectivity index (χ0n) is 13.1. The molecule has 0 bridgehead atoms. The number of nitrogen functional groups attached to an aromatic ring is 1. The molecular weight excluding hydrogens is 248 g/mol. The summed E-state index contributed by atoms with van der Waals surface area (Å²) in [6, 6.07) is 6.80. The quantitative estimate of drug-likeness (QED) is 0.796. The molecule has 1 aromatic rings. The van der Waals surface area contributed by atoms with Crippen LogP contribution in [0.1, 0.15) is 46.5 Å². The number of ether oxygens (including phenoxy) is 1. The number of hydrogen-bond donors (Lipinski definition) is 1. The monoisotopic (exact) mass is 276 g/mol. The van der Waals surface area contributed by atoms with Crippen LogP contribution in [-0.4, -0.2) is 19.2 Å². The van der Waals surface area contributed by atoms with Crippen LogP contribution >= 0.6 is 0 Å². The fourth-order valence-electron chi connectivity index (χ4n) is 3.10. The van der Waals surface area contributed by atoms with Crippen molar-refractivity contribution in [1.29, 1.82) is 0 Å². The zero-order chi connectivity index (χ0) is 14.5. The highest BCUT2D eigenvalue weighted by molar-refractivity contribution is 5.61. The lowest BCUT2D eigenvalue weighted by Crippen LogP contribution is -2.36. The predicted molar refractivity (Wildman–Crippen MR) is 86.5 cm³/mol. The Morgan fingerprint density at radius 3 is 2.55 bits per heavy atom. The third kappa shape index (κ3) is 3.81. The van der Waals surface area contributed by atoms with E-state index in [1.807, 2.05) is 13.0 Å². The minimum absolute atomic E-state index is 0.646. The van der Waals surface area contributed by atoms with Crippen molar-refractivity contribution in [2.75, 3.05) is 23.8 Å². The van der Waals surface area contributed by atoms with Gasteiger partial charge in [0.25, 0.3) is 0 Å². The van der Waals surface area contributed by atoms with E-state index in [0.29, 0.717) is 18.6 Å². The van der Waals surface area contributed by atoms with Gasteiger partial charge in [-0.15, -0.1) is 0 Å². The summed E-state index contributed by atoms with van der Waals surface area (Å²) in [5.74, 6) is 1.53. The first-order valence-electron chi connectivity index (χ1n) is 7.90. The van der Waals surface area contributed by atoms with Gasteiger partial charge in [0.05, 0.1) is 6.61 Å². The summed E-state index contributed by atoms with van der Waals surface area (Å²) >= 11 is 0. The summed E-state index contributed by atoms with van der Waals surface area (Å²) < 4.78 is 5.64. The number of rotatable bonds is 6. The highest BCUT2D eigenvalue weighted by atomic mass is 16.5. The largest absolute Gasteiger partial charge is 0.494 e. The van der Waals surface area contributed by atoms with Crippen LogP contribution in [0.25, 0.3) is 0 Å². The fraction of sp³-hybridized carbons (Fsp3) is 0.647. The molecule has 2 N–H and O–H groups in total. The number of hydrogen-bond acceptors (Lipinski definition) is 3. The van der Waals surface area contributed by atoms with Gasteiger partial charge in [-0.05, 0) is 31.7 Å². The summed E-state index contributed by atoms with van der Waals surface area (Å²) in [5.41, 5.74) is 8.06. The van der Waals surface area contributed by atoms with Gasteiger partial charge in [0.15, 0.2) is 0 Å². The van der Waals surface area contributed by atoms with Gasteiger partial charge in [-0.2, -0.15) is 0 Å². The molecule has 1 aliphatic carbocycles. The molecule has 1 aliphatic rings. The maximum absolute atomic E-state index is 6.05. The van der Waals surface area contributed by atoms with Crippen LogP contribution < -0.4 is 15.4 Å². The highest BCUT2D eigenvalue weighted by Crippen LogP contribution is 2.32. The molecule has 2 rings (SSSR count). The number of anilines is 2. The number of nitrogens with two attached hydrogens (primary N) is 1. The van der Waals surface area contributed by atoms with Crippen molar-refractivity contribution >= 4 is 11.4 Å². The lowest BCUT2D eigenvalue weighted by molar-refractivity contribution is 0.340. The average Bonchev–Trinajstić information content (AvgIpc) is 2.89. The van der Waals surface area contributed by atoms with Crippen LogP contribution in [-0.2, 0) is 0 Å². The van der Waals surface area contributed by atoms with Gasteiger partial charge >= 0.3 is 0 Å². The number of benzene rings is 1. The Morgan fingerprint density at radius 1 is 1.25 bits per heavy atom. The van der Waals surface area contributed by atoms with Crippen molar-refractivity contribution in [2.24, 2.45) is 5.92 Å². The van der Waals surface area contributed by atoms with E-state index >= 15 is 0 Å². The molecule has 0 spiro atoms. The normalized spacial score (nSPS) is 15.8. The first-order chi connectivity index (χ1) is 9.60. The standard InChI is InChI=1S/C17H28N2O/c1-4-20-17-10-14(18)9-16(11-17)19(12-13(2)3)15-7-5-6-8-15/h9-11,13,15H,4-8,12,18H2,1-3H3. The molecule has 3 heteroatoms. The molecule has 1 aromatic carbocycles. The molecule has 112 valence electrons. The Kier molecular flexibility index (Phi) is 5.16. The van der Waals surface area contributed by atoms with Crippen LogP contribution in [0.3, 0.4) is 0 Å². The van der Waals surface area contributed by atoms with Gasteiger partial charge < -0.3 is 15.4 Å². The molecule has 0 unspecified atom stereocenters. The minimum Gasteiger partial charge on any atom is -0.494 e. The van der Waals surface area contributed by atoms with Crippen molar-refractivity contribution in [1.82, 2.24) is 0 Å². The second-order valence-electron chi connectivity index (χ2n) is 6.18. The average molecular weight is 276 g/mol. The van der Waals surface area contributed by atoms with E-state index in [4.69, 9.17) is 10.5 Å². The maximum Gasteiger partial charge on any atom is 0.123 e. The summed E-state index contributed by atoms with van der Waals surface area (Å²) in [4.78, 5) is 2.54. The Labute approximate surface area is 123 Å². The van der Waals surface area contributed by atoms with Crippen molar-refractivity contribution in [3.8, 4) is 5.75 Å². The second kappa shape index (κ2) is 6.87. The first-order valence-corrected chi connectivity index (χ1v) is 7.90. The van der Waals surface area contributed by atoms with E-state index in [-0.39, 0.29) is 0 Å². The minimum atomic E-state index is 0.646. The Balaban J connectivity index is 2.26. The molecule has 0 aliphatic heterocycles. The van der Waals surface area contributed by atoms with Crippen LogP contribution in [0, 0.1) is 5.92 Å². The predicted octanol–water partition coefficient (Wildman–Crippen LogP) is 4.07. The van der Waals surface area contributed by atoms with Crippen molar-refractivity contribution in [2.45, 2.75) is 52.5 Å². The Morgan fingerprint density at radius 2 is 1.95 bits per heavy atom. The summed E-state index contributed by atoms with van der Waals surface area (Å²) in [5, 5.41) is 0. The molecular formula is C17H28N2O. The molecule has 0 saturated heterocycles. The first kappa shape index (κ1) is 15.0. The van der Waals surface area contributed by atoms with E-state index in [9.17, 15) is 0 Å². The smallest absolute Gasteiger partial charge is 0.123 e. The third-order valence-corrected chi connectivity index (χ3v) is 3.88. The maximum atomic E-state index is 6.05. The SMILES string of the molecule is CCOc1cc(N)cc(N(CC(C)C)C2CCCC2)c1. The van der Waals surface area contributed by atoms with Gasteiger partial charge in [-0.3, -0.25) is 0 Å². The lowest BCUT2D eigenvalue weighted by Gasteiger charge is -2.33. The number of nitrogens with zero attached hydrogens (tertiary/aromatic N) is 1. The summed E-state index contributed by atoms with van der Waals surface area (Å²) in [6.45, 7) is 8.32. The molecule has 20 heavy (non-hydrogen) atoms. The molecule has 0 atom stereocenters. The van der Waals surface area contributed by atoms with E-state index < -0.39 is 0 Å². The fourth-order valence-corrected chi connectivity index (χ4v) is 3.10. The van der Waals surface area contributed by atoms with Gasteiger partial charge in [0.1, 0.15) is 5.75 Å². The van der Waals surface area contributed by atoms with Gasteiger partial charge in [0, 0.05) is 36.1 Å². The van der Waals surface area contributed by atoms with Crippen LogP contribution in [0.15, 0.2) is 18.2 Å². The zero-order valence-corrected chi connectivity index (χ0v) is 13.1. The molecule has 1 saturated carbocycles. The van der Waals surface area contributed by atoms with Crippen molar-refractivity contribution < 1.29 is 4.74 Å². The molecule has 1 fully saturated rings. The Bertz CT molecular complexity index is 425. The van der Waals surface area contributed by atoms with Crippen LogP contribution in [0.4, 0.5) is 11.4 Å². The van der Waals surface area contributed by atoms with Crippen LogP contribution in [0.5, 0.6) is 5.75 Å². The van der Waals surface area contributed by atoms with Crippen molar-refractivity contribution in [3.63, 3.8) is 0 Å². The van der Waals surface area contributed by atoms with Gasteiger partial charge in [-0.25, -0.2) is 0 Å². The van der Waals surface area contributed by atoms with E-state index in [2.05, 4.69) is 30.9 Å². The van der Waals surface area contributed by atoms with Gasteiger partial charge in [0.2, 0.25) is 0 Å². The molecule has 0 radical (unpaired) electrons. The van der Waals surface area contributed by atoms with Gasteiger partial charge in [-0.1, -0.05) is 26.7 Å². The van der Waals surface area contributed by atoms with E-state index in [1.54, 1.807) is 0 Å². The van der Waals surface area contributed by atoms with Crippen LogP contribution in [0.2, 0.25) is 0 Å². The molecule has 3 nitrogen and oxygen atoms in total. The Hall–Kier alpha value is -1.38. The van der Waals surface area contributed by atoms with E-state index in [0.717, 1.165) is 18.0 Å². The van der Waals surface area contributed by atoms with Crippen molar-refractivity contribution in [3.05, 3.63) is 18.2 Å². The molecule has 0 heterocycles. The molecule has 0 aromatic heterocycles. The third-order valence-electron chi connectivity index (χ3n) is 3.88. The lowest BCUT2D eigenvalue weighted by atomic mass is 10.1. The summed E-state index contributed by atoms with van der Waals surface area (Å²) in [7, 11) is 0. The second-order valence-corrected chi connectivity index (χ2v) is 6.18. The summed E-state index contributed by atoms with van der Waals surface area (Å²) in [6.07, 6.45) is 5.29. The topological polar surface area (TPSA) is 38.5 Å². The van der Waals surface area contributed by atoms with E-state index in [1.165, 1.54) is 31.4 Å².